The molecule has 7 heteroatoms. The molecular formula is C10H19N3O3S. The molecule has 1 heterocycles. The summed E-state index contributed by atoms with van der Waals surface area (Å²) in [6.45, 7) is 2.31. The Morgan fingerprint density at radius 1 is 1.41 bits per heavy atom. The number of aliphatic hydroxyl groups is 1. The van der Waals surface area contributed by atoms with Crippen molar-refractivity contribution in [2.75, 3.05) is 18.1 Å². The monoisotopic (exact) mass is 261 g/mol. The molecule has 98 valence electrons. The summed E-state index contributed by atoms with van der Waals surface area (Å²) in [6.07, 6.45) is 3.68. The van der Waals surface area contributed by atoms with E-state index >= 15 is 0 Å². The van der Waals surface area contributed by atoms with E-state index in [9.17, 15) is 8.42 Å². The molecule has 1 N–H and O–H groups in total. The van der Waals surface area contributed by atoms with Crippen LogP contribution in [0.15, 0.2) is 6.20 Å². The van der Waals surface area contributed by atoms with Gasteiger partial charge in [0.25, 0.3) is 0 Å². The lowest BCUT2D eigenvalue weighted by Crippen LogP contribution is -2.16. The number of aliphatic hydroxyl groups excluding tert-OH is 1. The van der Waals surface area contributed by atoms with Crippen LogP contribution in [0.1, 0.15) is 25.5 Å². The van der Waals surface area contributed by atoms with E-state index in [0.29, 0.717) is 25.8 Å². The van der Waals surface area contributed by atoms with Gasteiger partial charge in [0.2, 0.25) is 0 Å². The lowest BCUT2D eigenvalue weighted by molar-refractivity contribution is 0.288. The van der Waals surface area contributed by atoms with Crippen LogP contribution in [-0.4, -0.2) is 46.6 Å². The van der Waals surface area contributed by atoms with Crippen LogP contribution in [0.3, 0.4) is 0 Å². The molecule has 0 fully saturated rings. The maximum atomic E-state index is 11.5. The standard InChI is InChI=1S/C10H19N3O3S/c1-2-7-17(15,16)8-5-13-9-10(11-12-13)4-3-6-14/h9,14H,2-8H2,1H3. The Labute approximate surface area is 102 Å². The highest BCUT2D eigenvalue weighted by molar-refractivity contribution is 7.91. The van der Waals surface area contributed by atoms with Gasteiger partial charge >= 0.3 is 0 Å². The predicted molar refractivity (Wildman–Crippen MR) is 64.4 cm³/mol. The van der Waals surface area contributed by atoms with Gasteiger partial charge in [-0.1, -0.05) is 12.1 Å². The summed E-state index contributed by atoms with van der Waals surface area (Å²) in [7, 11) is -2.97. The second-order valence-electron chi connectivity index (χ2n) is 3.95. The van der Waals surface area contributed by atoms with Crippen molar-refractivity contribution in [3.63, 3.8) is 0 Å². The first kappa shape index (κ1) is 14.1. The summed E-state index contributed by atoms with van der Waals surface area (Å²) in [5, 5.41) is 16.4. The molecule has 0 aromatic carbocycles. The molecule has 0 amide bonds. The highest BCUT2D eigenvalue weighted by Crippen LogP contribution is 2.00. The fraction of sp³-hybridized carbons (Fsp3) is 0.800. The largest absolute Gasteiger partial charge is 0.396 e. The number of nitrogens with zero attached hydrogens (tertiary/aromatic N) is 3. The van der Waals surface area contributed by atoms with Crippen LogP contribution in [0.4, 0.5) is 0 Å². The van der Waals surface area contributed by atoms with Crippen LogP contribution in [0, 0.1) is 0 Å². The number of aryl methyl sites for hydroxylation is 2. The molecule has 0 saturated heterocycles. The molecule has 0 unspecified atom stereocenters. The van der Waals surface area contributed by atoms with E-state index in [2.05, 4.69) is 10.3 Å². The molecule has 0 spiro atoms. The van der Waals surface area contributed by atoms with Crippen molar-refractivity contribution in [2.45, 2.75) is 32.7 Å². The molecule has 0 aliphatic carbocycles. The molecular weight excluding hydrogens is 242 g/mol. The van der Waals surface area contributed by atoms with Gasteiger partial charge in [0.1, 0.15) is 0 Å². The third-order valence-corrected chi connectivity index (χ3v) is 4.16. The van der Waals surface area contributed by atoms with Crippen molar-refractivity contribution >= 4 is 9.84 Å². The number of rotatable bonds is 8. The van der Waals surface area contributed by atoms with Crippen LogP contribution in [0.25, 0.3) is 0 Å². The fourth-order valence-electron chi connectivity index (χ4n) is 1.47. The quantitative estimate of drug-likeness (QED) is 0.713. The number of hydrogen-bond acceptors (Lipinski definition) is 5. The molecule has 17 heavy (non-hydrogen) atoms. The summed E-state index contributed by atoms with van der Waals surface area (Å²) in [4.78, 5) is 0. The lowest BCUT2D eigenvalue weighted by Gasteiger charge is -2.01. The van der Waals surface area contributed by atoms with E-state index in [-0.39, 0.29) is 18.1 Å². The fourth-order valence-corrected chi connectivity index (χ4v) is 2.76. The zero-order valence-electron chi connectivity index (χ0n) is 10.0. The molecule has 0 aliphatic rings. The van der Waals surface area contributed by atoms with Crippen molar-refractivity contribution < 1.29 is 13.5 Å². The van der Waals surface area contributed by atoms with Crippen LogP contribution in [-0.2, 0) is 22.8 Å². The first-order valence-electron chi connectivity index (χ1n) is 5.77. The van der Waals surface area contributed by atoms with Gasteiger partial charge in [-0.25, -0.2) is 8.42 Å². The van der Waals surface area contributed by atoms with Gasteiger partial charge < -0.3 is 5.11 Å². The van der Waals surface area contributed by atoms with Crippen LogP contribution in [0.2, 0.25) is 0 Å². The van der Waals surface area contributed by atoms with Crippen molar-refractivity contribution in [3.8, 4) is 0 Å². The summed E-state index contributed by atoms with van der Waals surface area (Å²) in [5.41, 5.74) is 0.784. The minimum Gasteiger partial charge on any atom is -0.396 e. The second kappa shape index (κ2) is 6.70. The molecule has 0 bridgehead atoms. The Hall–Kier alpha value is -0.950. The van der Waals surface area contributed by atoms with Crippen molar-refractivity contribution in [2.24, 2.45) is 0 Å². The van der Waals surface area contributed by atoms with Gasteiger partial charge in [-0.2, -0.15) is 0 Å². The van der Waals surface area contributed by atoms with E-state index in [4.69, 9.17) is 5.11 Å². The van der Waals surface area contributed by atoms with Crippen LogP contribution >= 0.6 is 0 Å². The molecule has 1 rings (SSSR count). The number of sulfone groups is 1. The highest BCUT2D eigenvalue weighted by atomic mass is 32.2. The van der Waals surface area contributed by atoms with Crippen molar-refractivity contribution in [3.05, 3.63) is 11.9 Å². The SMILES string of the molecule is CCCS(=O)(=O)CCn1cc(CCCO)nn1. The molecule has 1 aromatic heterocycles. The second-order valence-corrected chi connectivity index (χ2v) is 6.26. The van der Waals surface area contributed by atoms with Gasteiger partial charge in [0.05, 0.1) is 18.0 Å². The molecule has 0 radical (unpaired) electrons. The lowest BCUT2D eigenvalue weighted by atomic mass is 10.3. The minimum absolute atomic E-state index is 0.101. The summed E-state index contributed by atoms with van der Waals surface area (Å²) in [6, 6.07) is 0. The zero-order chi connectivity index (χ0) is 12.7. The van der Waals surface area contributed by atoms with Crippen molar-refractivity contribution in [1.82, 2.24) is 15.0 Å². The smallest absolute Gasteiger partial charge is 0.152 e. The Kier molecular flexibility index (Phi) is 5.57. The van der Waals surface area contributed by atoms with Gasteiger partial charge in [0.15, 0.2) is 9.84 Å². The molecule has 1 aromatic rings. The number of hydrogen-bond donors (Lipinski definition) is 1. The maximum Gasteiger partial charge on any atom is 0.152 e. The Morgan fingerprint density at radius 3 is 2.82 bits per heavy atom. The normalized spacial score (nSPS) is 11.9. The average Bonchev–Trinajstić information content (AvgIpc) is 2.72. The van der Waals surface area contributed by atoms with E-state index in [0.717, 1.165) is 5.69 Å². The minimum atomic E-state index is -2.97. The number of aromatic nitrogens is 3. The molecule has 0 atom stereocenters. The van der Waals surface area contributed by atoms with Crippen LogP contribution < -0.4 is 0 Å². The first-order valence-corrected chi connectivity index (χ1v) is 7.60. The average molecular weight is 261 g/mol. The third kappa shape index (κ3) is 5.27. The Balaban J connectivity index is 2.44. The van der Waals surface area contributed by atoms with Crippen LogP contribution in [0.5, 0.6) is 0 Å². The van der Waals surface area contributed by atoms with E-state index in [1.807, 2.05) is 6.92 Å². The highest BCUT2D eigenvalue weighted by Gasteiger charge is 2.10. The molecule has 0 saturated carbocycles. The Morgan fingerprint density at radius 2 is 2.18 bits per heavy atom. The third-order valence-electron chi connectivity index (χ3n) is 2.32. The van der Waals surface area contributed by atoms with Gasteiger partial charge in [0, 0.05) is 18.6 Å². The van der Waals surface area contributed by atoms with E-state index in [1.54, 1.807) is 10.9 Å². The first-order chi connectivity index (χ1) is 8.07. The van der Waals surface area contributed by atoms with Gasteiger partial charge in [-0.05, 0) is 19.3 Å². The van der Waals surface area contributed by atoms with Gasteiger partial charge in [-0.15, -0.1) is 5.10 Å². The van der Waals surface area contributed by atoms with Crippen molar-refractivity contribution in [1.29, 1.82) is 0 Å². The predicted octanol–water partition coefficient (Wildman–Crippen LogP) is 0.0278. The molecule has 0 aliphatic heterocycles. The Bertz CT molecular complexity index is 428. The molecule has 6 nitrogen and oxygen atoms in total. The zero-order valence-corrected chi connectivity index (χ0v) is 10.9. The summed E-state index contributed by atoms with van der Waals surface area (Å²) < 4.78 is 24.5. The summed E-state index contributed by atoms with van der Waals surface area (Å²) >= 11 is 0. The topological polar surface area (TPSA) is 85.1 Å². The van der Waals surface area contributed by atoms with E-state index in [1.165, 1.54) is 0 Å². The van der Waals surface area contributed by atoms with Gasteiger partial charge in [-0.3, -0.25) is 4.68 Å². The maximum absolute atomic E-state index is 11.5. The summed E-state index contributed by atoms with van der Waals surface area (Å²) in [5.74, 6) is 0.322. The van der Waals surface area contributed by atoms with E-state index < -0.39 is 9.84 Å².